The van der Waals surface area contributed by atoms with Crippen LogP contribution in [0.15, 0.2) is 24.3 Å². The molecular weight excluding hydrogens is 260 g/mol. The molecule has 0 unspecified atom stereocenters. The van der Waals surface area contributed by atoms with Crippen LogP contribution in [0.1, 0.15) is 36.8 Å². The zero-order chi connectivity index (χ0) is 14.9. The predicted molar refractivity (Wildman–Crippen MR) is 85.3 cm³/mol. The Balaban J connectivity index is 1.77. The number of hydrogen-bond donors (Lipinski definition) is 1. The van der Waals surface area contributed by atoms with Crippen LogP contribution in [0.25, 0.3) is 0 Å². The Hall–Kier alpha value is -1.35. The molecule has 3 rings (SSSR count). The van der Waals surface area contributed by atoms with Crippen LogP contribution in [0, 0.1) is 12.8 Å². The fraction of sp³-hybridized carbons (Fsp3) is 0.611. The highest BCUT2D eigenvalue weighted by atomic mass is 16.2. The fourth-order valence-electron chi connectivity index (χ4n) is 3.84. The lowest BCUT2D eigenvalue weighted by Gasteiger charge is -2.35. The maximum Gasteiger partial charge on any atom is 0.233 e. The van der Waals surface area contributed by atoms with Crippen molar-refractivity contribution < 1.29 is 4.79 Å². The van der Waals surface area contributed by atoms with Gasteiger partial charge in [-0.05, 0) is 63.2 Å². The van der Waals surface area contributed by atoms with Crippen LogP contribution < -0.4 is 5.32 Å². The SMILES string of the molecule is CNC[C@H]1CCCN(C(=O)C2(c3ccccc3C)CC2)C1. The van der Waals surface area contributed by atoms with Crippen LogP contribution in [-0.4, -0.2) is 37.5 Å². The number of nitrogens with one attached hydrogen (secondary N) is 1. The molecule has 1 aliphatic carbocycles. The first-order valence-corrected chi connectivity index (χ1v) is 8.17. The molecule has 1 saturated carbocycles. The summed E-state index contributed by atoms with van der Waals surface area (Å²) in [6.45, 7) is 5.00. The monoisotopic (exact) mass is 286 g/mol. The number of hydrogen-bond acceptors (Lipinski definition) is 2. The van der Waals surface area contributed by atoms with Gasteiger partial charge in [-0.1, -0.05) is 24.3 Å². The molecule has 114 valence electrons. The average Bonchev–Trinajstić information content (AvgIpc) is 3.29. The molecule has 1 atom stereocenters. The number of rotatable bonds is 4. The molecule has 2 aliphatic rings. The second-order valence-electron chi connectivity index (χ2n) is 6.71. The van der Waals surface area contributed by atoms with Crippen LogP contribution in [0.2, 0.25) is 0 Å². The van der Waals surface area contributed by atoms with Gasteiger partial charge in [-0.25, -0.2) is 0 Å². The first-order chi connectivity index (χ1) is 10.2. The number of benzene rings is 1. The van der Waals surface area contributed by atoms with Gasteiger partial charge in [0.1, 0.15) is 0 Å². The van der Waals surface area contributed by atoms with Gasteiger partial charge in [0, 0.05) is 13.1 Å². The Labute approximate surface area is 127 Å². The Morgan fingerprint density at radius 1 is 1.38 bits per heavy atom. The Morgan fingerprint density at radius 2 is 2.14 bits per heavy atom. The molecule has 21 heavy (non-hydrogen) atoms. The summed E-state index contributed by atoms with van der Waals surface area (Å²) in [7, 11) is 2.00. The summed E-state index contributed by atoms with van der Waals surface area (Å²) in [4.78, 5) is 15.2. The van der Waals surface area contributed by atoms with Crippen LogP contribution in [0.3, 0.4) is 0 Å². The van der Waals surface area contributed by atoms with E-state index in [1.807, 2.05) is 7.05 Å². The second kappa shape index (κ2) is 5.80. The summed E-state index contributed by atoms with van der Waals surface area (Å²) < 4.78 is 0. The third-order valence-electron chi connectivity index (χ3n) is 5.12. The van der Waals surface area contributed by atoms with E-state index in [2.05, 4.69) is 41.4 Å². The molecule has 0 aromatic heterocycles. The van der Waals surface area contributed by atoms with E-state index in [9.17, 15) is 4.79 Å². The normalized spacial score (nSPS) is 23.9. The lowest BCUT2D eigenvalue weighted by molar-refractivity contribution is -0.135. The van der Waals surface area contributed by atoms with Crippen LogP contribution in [0.5, 0.6) is 0 Å². The Morgan fingerprint density at radius 3 is 2.81 bits per heavy atom. The largest absolute Gasteiger partial charge is 0.342 e. The second-order valence-corrected chi connectivity index (χ2v) is 6.71. The summed E-state index contributed by atoms with van der Waals surface area (Å²) in [5.41, 5.74) is 2.31. The third-order valence-corrected chi connectivity index (χ3v) is 5.12. The smallest absolute Gasteiger partial charge is 0.233 e. The standard InChI is InChI=1S/C18H26N2O/c1-14-6-3-4-8-16(14)18(9-10-18)17(21)20-11-5-7-15(13-20)12-19-2/h3-4,6,8,15,19H,5,7,9-13H2,1-2H3/t15-/m1/s1. The Bertz CT molecular complexity index is 520. The molecule has 1 N–H and O–H groups in total. The predicted octanol–water partition coefficient (Wildman–Crippen LogP) is 2.48. The zero-order valence-corrected chi connectivity index (χ0v) is 13.2. The number of piperidine rings is 1. The number of aryl methyl sites for hydroxylation is 1. The number of amides is 1. The minimum absolute atomic E-state index is 0.202. The van der Waals surface area contributed by atoms with E-state index in [4.69, 9.17) is 0 Å². The van der Waals surface area contributed by atoms with Crippen LogP contribution >= 0.6 is 0 Å². The highest BCUT2D eigenvalue weighted by Gasteiger charge is 2.53. The molecule has 1 heterocycles. The molecule has 1 aromatic rings. The summed E-state index contributed by atoms with van der Waals surface area (Å²) in [6.07, 6.45) is 4.41. The number of carbonyl (C=O) groups is 1. The van der Waals surface area contributed by atoms with Crippen LogP contribution in [-0.2, 0) is 10.2 Å². The van der Waals surface area contributed by atoms with Crippen molar-refractivity contribution in [1.29, 1.82) is 0 Å². The number of likely N-dealkylation sites (tertiary alicyclic amines) is 1. The van der Waals surface area contributed by atoms with E-state index < -0.39 is 0 Å². The molecule has 3 heteroatoms. The topological polar surface area (TPSA) is 32.3 Å². The van der Waals surface area contributed by atoms with Gasteiger partial charge in [-0.3, -0.25) is 4.79 Å². The van der Waals surface area contributed by atoms with Gasteiger partial charge >= 0.3 is 0 Å². The van der Waals surface area contributed by atoms with Gasteiger partial charge in [0.2, 0.25) is 5.91 Å². The molecule has 2 fully saturated rings. The summed E-state index contributed by atoms with van der Waals surface area (Å²) >= 11 is 0. The molecule has 3 nitrogen and oxygen atoms in total. The van der Waals surface area contributed by atoms with E-state index in [1.165, 1.54) is 17.5 Å². The van der Waals surface area contributed by atoms with Gasteiger partial charge in [0.25, 0.3) is 0 Å². The van der Waals surface area contributed by atoms with Gasteiger partial charge in [-0.15, -0.1) is 0 Å². The van der Waals surface area contributed by atoms with Crippen molar-refractivity contribution in [1.82, 2.24) is 10.2 Å². The maximum absolute atomic E-state index is 13.1. The summed E-state index contributed by atoms with van der Waals surface area (Å²) in [6, 6.07) is 8.40. The van der Waals surface area contributed by atoms with E-state index in [-0.39, 0.29) is 5.41 Å². The molecule has 1 aromatic carbocycles. The van der Waals surface area contributed by atoms with Gasteiger partial charge in [0.05, 0.1) is 5.41 Å². The van der Waals surface area contributed by atoms with Crippen molar-refractivity contribution in [2.45, 2.75) is 38.0 Å². The zero-order valence-electron chi connectivity index (χ0n) is 13.2. The van der Waals surface area contributed by atoms with Gasteiger partial charge < -0.3 is 10.2 Å². The van der Waals surface area contributed by atoms with E-state index in [0.717, 1.165) is 38.9 Å². The Kier molecular flexibility index (Phi) is 4.03. The van der Waals surface area contributed by atoms with E-state index in [0.29, 0.717) is 11.8 Å². The first-order valence-electron chi connectivity index (χ1n) is 8.17. The molecule has 1 saturated heterocycles. The number of nitrogens with zero attached hydrogens (tertiary/aromatic N) is 1. The van der Waals surface area contributed by atoms with E-state index >= 15 is 0 Å². The van der Waals surface area contributed by atoms with Crippen molar-refractivity contribution in [2.75, 3.05) is 26.7 Å². The molecule has 0 spiro atoms. The maximum atomic E-state index is 13.1. The van der Waals surface area contributed by atoms with E-state index in [1.54, 1.807) is 0 Å². The van der Waals surface area contributed by atoms with Crippen molar-refractivity contribution in [3.8, 4) is 0 Å². The molecule has 0 radical (unpaired) electrons. The number of carbonyl (C=O) groups excluding carboxylic acids is 1. The third kappa shape index (κ3) is 2.71. The first kappa shape index (κ1) is 14.6. The summed E-state index contributed by atoms with van der Waals surface area (Å²) in [5.74, 6) is 0.984. The molecule has 0 bridgehead atoms. The summed E-state index contributed by atoms with van der Waals surface area (Å²) in [5, 5.41) is 3.25. The lowest BCUT2D eigenvalue weighted by Crippen LogP contribution is -2.46. The average molecular weight is 286 g/mol. The van der Waals surface area contributed by atoms with Crippen molar-refractivity contribution in [3.63, 3.8) is 0 Å². The molecular formula is C18H26N2O. The van der Waals surface area contributed by atoms with Crippen molar-refractivity contribution >= 4 is 5.91 Å². The van der Waals surface area contributed by atoms with Gasteiger partial charge in [-0.2, -0.15) is 0 Å². The highest BCUT2D eigenvalue weighted by molar-refractivity contribution is 5.91. The fourth-order valence-corrected chi connectivity index (χ4v) is 3.84. The molecule has 1 amide bonds. The van der Waals surface area contributed by atoms with Crippen molar-refractivity contribution in [3.05, 3.63) is 35.4 Å². The quantitative estimate of drug-likeness (QED) is 0.922. The lowest BCUT2D eigenvalue weighted by atomic mass is 9.89. The van der Waals surface area contributed by atoms with Crippen molar-refractivity contribution in [2.24, 2.45) is 5.92 Å². The molecule has 1 aliphatic heterocycles. The highest BCUT2D eigenvalue weighted by Crippen LogP contribution is 2.51. The van der Waals surface area contributed by atoms with Crippen LogP contribution in [0.4, 0.5) is 0 Å². The van der Waals surface area contributed by atoms with Gasteiger partial charge in [0.15, 0.2) is 0 Å². The minimum atomic E-state index is -0.202. The minimum Gasteiger partial charge on any atom is -0.342 e.